The van der Waals surface area contributed by atoms with Crippen LogP contribution in [0, 0.1) is 0 Å². The van der Waals surface area contributed by atoms with E-state index in [1.54, 1.807) is 7.11 Å². The molecule has 1 aliphatic rings. The molecule has 0 spiro atoms. The third-order valence-corrected chi connectivity index (χ3v) is 6.77. The summed E-state index contributed by atoms with van der Waals surface area (Å²) < 4.78 is 19.8. The van der Waals surface area contributed by atoms with Crippen molar-refractivity contribution in [2.75, 3.05) is 13.7 Å². The van der Waals surface area contributed by atoms with Gasteiger partial charge in [-0.2, -0.15) is 0 Å². The normalized spacial score (nSPS) is 19.6. The maximum atomic E-state index is 12.3. The Kier molecular flexibility index (Phi) is 7.05. The average Bonchev–Trinajstić information content (AvgIpc) is 3.30. The second-order valence-corrected chi connectivity index (χ2v) is 9.00. The summed E-state index contributed by atoms with van der Waals surface area (Å²) in [5.74, 6) is 0.745. The summed E-state index contributed by atoms with van der Waals surface area (Å²) in [5, 5.41) is 0. The molecule has 1 aromatic heterocycles. The summed E-state index contributed by atoms with van der Waals surface area (Å²) in [4.78, 5) is 26.1. The number of hydrogen-bond acceptors (Lipinski definition) is 6. The van der Waals surface area contributed by atoms with Gasteiger partial charge in [-0.1, -0.05) is 72.8 Å². The van der Waals surface area contributed by atoms with Crippen LogP contribution in [-0.4, -0.2) is 35.4 Å². The van der Waals surface area contributed by atoms with Crippen LogP contribution >= 0.6 is 0 Å². The highest BCUT2D eigenvalue weighted by molar-refractivity contribution is 5.48. The van der Waals surface area contributed by atoms with Gasteiger partial charge in [0.25, 0.3) is 5.56 Å². The number of benzene rings is 3. The van der Waals surface area contributed by atoms with Crippen molar-refractivity contribution >= 4 is 0 Å². The number of hydrogen-bond donors (Lipinski definition) is 2. The lowest BCUT2D eigenvalue weighted by atomic mass is 9.80. The van der Waals surface area contributed by atoms with Gasteiger partial charge in [-0.3, -0.25) is 14.3 Å². The monoisotopic (exact) mass is 499 g/mol. The van der Waals surface area contributed by atoms with Crippen molar-refractivity contribution in [3.8, 4) is 5.75 Å². The number of H-pyrrole nitrogens is 1. The molecule has 5 rings (SSSR count). The summed E-state index contributed by atoms with van der Waals surface area (Å²) in [7, 11) is 1.64. The number of nitrogens with one attached hydrogen (secondary N) is 1. The highest BCUT2D eigenvalue weighted by atomic mass is 16.6. The van der Waals surface area contributed by atoms with Crippen molar-refractivity contribution in [3.63, 3.8) is 0 Å². The summed E-state index contributed by atoms with van der Waals surface area (Å²) in [6.45, 7) is 0.172. The molecule has 0 radical (unpaired) electrons. The first kappa shape index (κ1) is 24.7. The molecule has 190 valence electrons. The Labute approximate surface area is 214 Å². The number of ether oxygens (including phenoxy) is 3. The lowest BCUT2D eigenvalue weighted by Gasteiger charge is -2.37. The van der Waals surface area contributed by atoms with Gasteiger partial charge in [0.2, 0.25) is 0 Å². The third-order valence-electron chi connectivity index (χ3n) is 6.77. The van der Waals surface area contributed by atoms with Crippen LogP contribution in [0.1, 0.15) is 29.3 Å². The van der Waals surface area contributed by atoms with E-state index in [4.69, 9.17) is 19.9 Å². The smallest absolute Gasteiger partial charge is 0.330 e. The molecule has 8 nitrogen and oxygen atoms in total. The van der Waals surface area contributed by atoms with E-state index < -0.39 is 29.2 Å². The summed E-state index contributed by atoms with van der Waals surface area (Å²) in [5.41, 5.74) is 7.34. The minimum Gasteiger partial charge on any atom is -0.497 e. The third kappa shape index (κ3) is 4.86. The fourth-order valence-electron chi connectivity index (χ4n) is 4.87. The lowest BCUT2D eigenvalue weighted by Crippen LogP contribution is -2.40. The van der Waals surface area contributed by atoms with Crippen LogP contribution in [0.3, 0.4) is 0 Å². The Hall–Kier alpha value is -3.98. The van der Waals surface area contributed by atoms with Crippen LogP contribution in [0.5, 0.6) is 5.75 Å². The number of rotatable bonds is 8. The van der Waals surface area contributed by atoms with Crippen LogP contribution in [0.2, 0.25) is 0 Å². The number of nitrogens with zero attached hydrogens (tertiary/aromatic N) is 1. The Balaban J connectivity index is 1.52. The van der Waals surface area contributed by atoms with E-state index in [1.807, 2.05) is 84.9 Å². The van der Waals surface area contributed by atoms with Crippen molar-refractivity contribution in [1.82, 2.24) is 9.55 Å². The van der Waals surface area contributed by atoms with Crippen LogP contribution in [-0.2, 0) is 15.1 Å². The molecule has 37 heavy (non-hydrogen) atoms. The van der Waals surface area contributed by atoms with Crippen molar-refractivity contribution in [3.05, 3.63) is 135 Å². The van der Waals surface area contributed by atoms with Gasteiger partial charge in [0.05, 0.1) is 19.8 Å². The molecule has 3 atom stereocenters. The molecule has 0 saturated carbocycles. The molecule has 1 fully saturated rings. The largest absolute Gasteiger partial charge is 0.497 e. The molecule has 1 unspecified atom stereocenters. The molecule has 1 saturated heterocycles. The van der Waals surface area contributed by atoms with E-state index in [0.29, 0.717) is 6.42 Å². The van der Waals surface area contributed by atoms with Crippen molar-refractivity contribution < 1.29 is 14.2 Å². The topological polar surface area (TPSA) is 109 Å². The maximum absolute atomic E-state index is 12.3. The Morgan fingerprint density at radius 3 is 2.08 bits per heavy atom. The van der Waals surface area contributed by atoms with E-state index in [2.05, 4.69) is 4.98 Å². The molecular formula is C29H29N3O5. The molecule has 0 aliphatic carbocycles. The average molecular weight is 500 g/mol. The quantitative estimate of drug-likeness (QED) is 0.361. The van der Waals surface area contributed by atoms with Gasteiger partial charge in [0.1, 0.15) is 17.6 Å². The van der Waals surface area contributed by atoms with Crippen LogP contribution in [0.4, 0.5) is 0 Å². The zero-order valence-corrected chi connectivity index (χ0v) is 20.4. The lowest BCUT2D eigenvalue weighted by molar-refractivity contribution is -0.0796. The molecule has 0 amide bonds. The molecule has 1 aliphatic heterocycles. The van der Waals surface area contributed by atoms with E-state index in [0.717, 1.165) is 22.4 Å². The Bertz CT molecular complexity index is 1390. The molecule has 3 aromatic carbocycles. The van der Waals surface area contributed by atoms with Gasteiger partial charge >= 0.3 is 5.69 Å². The predicted octanol–water partition coefficient (Wildman–Crippen LogP) is 3.17. The van der Waals surface area contributed by atoms with Crippen LogP contribution < -0.4 is 21.7 Å². The molecule has 3 N–H and O–H groups in total. The van der Waals surface area contributed by atoms with Crippen LogP contribution in [0.25, 0.3) is 0 Å². The van der Waals surface area contributed by atoms with E-state index in [9.17, 15) is 9.59 Å². The second kappa shape index (κ2) is 10.6. The second-order valence-electron chi connectivity index (χ2n) is 9.00. The van der Waals surface area contributed by atoms with Gasteiger partial charge in [0, 0.05) is 24.7 Å². The van der Waals surface area contributed by atoms with Gasteiger partial charge < -0.3 is 19.9 Å². The fraction of sp³-hybridized carbons (Fsp3) is 0.241. The van der Waals surface area contributed by atoms with Crippen LogP contribution in [0.15, 0.2) is 107 Å². The first-order valence-corrected chi connectivity index (χ1v) is 12.1. The van der Waals surface area contributed by atoms with E-state index in [1.165, 1.54) is 16.8 Å². The molecule has 0 bridgehead atoms. The molecule has 2 heterocycles. The molecule has 4 aromatic rings. The minimum absolute atomic E-state index is 0.172. The number of methoxy groups -OCH3 is 1. The van der Waals surface area contributed by atoms with Gasteiger partial charge in [-0.15, -0.1) is 0 Å². The Morgan fingerprint density at radius 1 is 0.919 bits per heavy atom. The number of aromatic amines is 1. The first-order chi connectivity index (χ1) is 18.0. The standard InChI is InChI=1S/C29H29N3O5/c1-35-23-14-12-22(13-15-23)29(20-8-4-2-5-9-20,21-10-6-3-7-11-21)36-19-25-24(30)18-27(37-25)32-17-16-26(33)31-28(32)34/h2-17,24-25,27H,18-19,30H2,1H3,(H,31,33,34)/t24?,25-,27-/m1/s1. The zero-order chi connectivity index (χ0) is 25.8. The molecular weight excluding hydrogens is 470 g/mol. The van der Waals surface area contributed by atoms with E-state index in [-0.39, 0.29) is 12.6 Å². The van der Waals surface area contributed by atoms with Gasteiger partial charge in [-0.25, -0.2) is 4.79 Å². The Morgan fingerprint density at radius 2 is 1.51 bits per heavy atom. The summed E-state index contributed by atoms with van der Waals surface area (Å²) >= 11 is 0. The van der Waals surface area contributed by atoms with Gasteiger partial charge in [-0.05, 0) is 28.8 Å². The summed E-state index contributed by atoms with van der Waals surface area (Å²) in [6.07, 6.45) is 0.759. The predicted molar refractivity (Wildman–Crippen MR) is 140 cm³/mol. The van der Waals surface area contributed by atoms with E-state index >= 15 is 0 Å². The van der Waals surface area contributed by atoms with Crippen molar-refractivity contribution in [2.45, 2.75) is 30.4 Å². The zero-order valence-electron chi connectivity index (χ0n) is 20.4. The van der Waals surface area contributed by atoms with Gasteiger partial charge in [0.15, 0.2) is 0 Å². The van der Waals surface area contributed by atoms with Crippen molar-refractivity contribution in [1.29, 1.82) is 0 Å². The number of nitrogens with two attached hydrogens (primary N) is 1. The highest BCUT2D eigenvalue weighted by Crippen LogP contribution is 2.42. The number of aromatic nitrogens is 2. The molecule has 8 heteroatoms. The first-order valence-electron chi connectivity index (χ1n) is 12.1. The fourth-order valence-corrected chi connectivity index (χ4v) is 4.87. The SMILES string of the molecule is COc1ccc(C(OC[C@H]2O[C@@H](n3ccc(=O)[nH]c3=O)CC2N)(c2ccccc2)c2ccccc2)cc1. The minimum atomic E-state index is -0.954. The van der Waals surface area contributed by atoms with Crippen molar-refractivity contribution in [2.24, 2.45) is 5.73 Å². The maximum Gasteiger partial charge on any atom is 0.330 e. The summed E-state index contributed by atoms with van der Waals surface area (Å²) in [6, 6.07) is 28.8. The highest BCUT2D eigenvalue weighted by Gasteiger charge is 2.41.